The number of rotatable bonds is 1. The standard InChI is InChI=1S/C13H15N3O/c1-13(2)9-15-12(17)8-16(13)11-5-3-4-10(6-11)7-14/h3-6H,8-9H2,1-2H3,(H,15,17). The molecule has 0 spiro atoms. The summed E-state index contributed by atoms with van der Waals surface area (Å²) in [6, 6.07) is 9.48. The average Bonchev–Trinajstić information content (AvgIpc) is 2.32. The van der Waals surface area contributed by atoms with Crippen molar-refractivity contribution < 1.29 is 4.79 Å². The number of benzene rings is 1. The van der Waals surface area contributed by atoms with Gasteiger partial charge in [-0.2, -0.15) is 5.26 Å². The summed E-state index contributed by atoms with van der Waals surface area (Å²) in [6.45, 7) is 5.10. The minimum atomic E-state index is -0.137. The highest BCUT2D eigenvalue weighted by Gasteiger charge is 2.33. The van der Waals surface area contributed by atoms with Crippen LogP contribution in [0.4, 0.5) is 5.69 Å². The van der Waals surface area contributed by atoms with Crippen LogP contribution in [0.5, 0.6) is 0 Å². The molecular weight excluding hydrogens is 214 g/mol. The molecule has 88 valence electrons. The Balaban J connectivity index is 2.36. The Morgan fingerprint density at radius 2 is 2.24 bits per heavy atom. The van der Waals surface area contributed by atoms with Crippen molar-refractivity contribution in [2.75, 3.05) is 18.0 Å². The second-order valence-corrected chi connectivity index (χ2v) is 4.84. The minimum Gasteiger partial charge on any atom is -0.355 e. The molecule has 4 nitrogen and oxygen atoms in total. The first-order valence-electron chi connectivity index (χ1n) is 5.57. The number of carbonyl (C=O) groups excluding carboxylic acids is 1. The highest BCUT2D eigenvalue weighted by atomic mass is 16.2. The smallest absolute Gasteiger partial charge is 0.239 e. The molecule has 1 N–H and O–H groups in total. The van der Waals surface area contributed by atoms with E-state index in [0.717, 1.165) is 5.69 Å². The van der Waals surface area contributed by atoms with E-state index in [2.05, 4.69) is 25.2 Å². The van der Waals surface area contributed by atoms with Crippen molar-refractivity contribution in [1.82, 2.24) is 5.32 Å². The molecule has 4 heteroatoms. The lowest BCUT2D eigenvalue weighted by atomic mass is 9.98. The van der Waals surface area contributed by atoms with Crippen molar-refractivity contribution >= 4 is 11.6 Å². The Bertz CT molecular complexity index is 488. The summed E-state index contributed by atoms with van der Waals surface area (Å²) in [6.07, 6.45) is 0. The van der Waals surface area contributed by atoms with Gasteiger partial charge in [0.1, 0.15) is 0 Å². The molecule has 1 aliphatic heterocycles. The van der Waals surface area contributed by atoms with Crippen LogP contribution in [-0.4, -0.2) is 24.5 Å². The van der Waals surface area contributed by atoms with Gasteiger partial charge in [-0.25, -0.2) is 0 Å². The molecule has 0 aliphatic carbocycles. The van der Waals surface area contributed by atoms with Gasteiger partial charge >= 0.3 is 0 Å². The Hall–Kier alpha value is -2.02. The molecule has 1 aliphatic rings. The predicted molar refractivity (Wildman–Crippen MR) is 65.6 cm³/mol. The molecule has 0 saturated carbocycles. The third-order valence-corrected chi connectivity index (χ3v) is 3.04. The normalized spacial score (nSPS) is 18.4. The van der Waals surface area contributed by atoms with Gasteiger partial charge in [0, 0.05) is 12.2 Å². The van der Waals surface area contributed by atoms with Crippen LogP contribution in [-0.2, 0) is 4.79 Å². The SMILES string of the molecule is CC1(C)CNC(=O)CN1c1cccc(C#N)c1. The fourth-order valence-corrected chi connectivity index (χ4v) is 2.01. The van der Waals surface area contributed by atoms with E-state index in [-0.39, 0.29) is 11.4 Å². The number of anilines is 1. The van der Waals surface area contributed by atoms with E-state index in [9.17, 15) is 4.79 Å². The number of nitrogens with one attached hydrogen (secondary N) is 1. The summed E-state index contributed by atoms with van der Waals surface area (Å²) in [4.78, 5) is 13.5. The highest BCUT2D eigenvalue weighted by molar-refractivity contribution is 5.83. The first-order chi connectivity index (χ1) is 8.03. The molecule has 0 atom stereocenters. The van der Waals surface area contributed by atoms with E-state index in [1.807, 2.05) is 23.1 Å². The zero-order valence-corrected chi connectivity index (χ0v) is 10.0. The third-order valence-electron chi connectivity index (χ3n) is 3.04. The molecule has 1 fully saturated rings. The summed E-state index contributed by atoms with van der Waals surface area (Å²) in [5.74, 6) is 0.0201. The molecule has 0 aromatic heterocycles. The Morgan fingerprint density at radius 1 is 1.47 bits per heavy atom. The van der Waals surface area contributed by atoms with Gasteiger partial charge in [-0.15, -0.1) is 0 Å². The van der Waals surface area contributed by atoms with Crippen molar-refractivity contribution in [2.24, 2.45) is 0 Å². The number of piperazine rings is 1. The van der Waals surface area contributed by atoms with E-state index in [1.54, 1.807) is 6.07 Å². The quantitative estimate of drug-likeness (QED) is 0.789. The van der Waals surface area contributed by atoms with Crippen LogP contribution in [0.2, 0.25) is 0 Å². The highest BCUT2D eigenvalue weighted by Crippen LogP contribution is 2.26. The molecule has 1 aromatic carbocycles. The molecule has 0 radical (unpaired) electrons. The van der Waals surface area contributed by atoms with Crippen LogP contribution in [0, 0.1) is 11.3 Å². The Labute approximate surface area is 101 Å². The zero-order chi connectivity index (χ0) is 12.5. The average molecular weight is 229 g/mol. The molecule has 0 bridgehead atoms. The number of nitrogens with zero attached hydrogens (tertiary/aromatic N) is 2. The zero-order valence-electron chi connectivity index (χ0n) is 10.0. The topological polar surface area (TPSA) is 56.1 Å². The molecule has 0 unspecified atom stereocenters. The van der Waals surface area contributed by atoms with Gasteiger partial charge < -0.3 is 10.2 Å². The summed E-state index contributed by atoms with van der Waals surface area (Å²) in [5, 5.41) is 11.7. The van der Waals surface area contributed by atoms with Crippen LogP contribution >= 0.6 is 0 Å². The van der Waals surface area contributed by atoms with Gasteiger partial charge in [-0.1, -0.05) is 6.07 Å². The Kier molecular flexibility index (Phi) is 2.76. The lowest BCUT2D eigenvalue weighted by molar-refractivity contribution is -0.121. The van der Waals surface area contributed by atoms with Crippen LogP contribution in [0.1, 0.15) is 19.4 Å². The van der Waals surface area contributed by atoms with Crippen LogP contribution in [0.25, 0.3) is 0 Å². The van der Waals surface area contributed by atoms with Gasteiger partial charge in [-0.3, -0.25) is 4.79 Å². The van der Waals surface area contributed by atoms with Gasteiger partial charge in [-0.05, 0) is 32.0 Å². The van der Waals surface area contributed by atoms with E-state index < -0.39 is 0 Å². The summed E-state index contributed by atoms with van der Waals surface area (Å²) < 4.78 is 0. The van der Waals surface area contributed by atoms with E-state index in [1.165, 1.54) is 0 Å². The van der Waals surface area contributed by atoms with Gasteiger partial charge in [0.25, 0.3) is 0 Å². The summed E-state index contributed by atoms with van der Waals surface area (Å²) >= 11 is 0. The van der Waals surface area contributed by atoms with Crippen LogP contribution in [0.15, 0.2) is 24.3 Å². The predicted octanol–water partition coefficient (Wildman–Crippen LogP) is 1.27. The molecule has 2 rings (SSSR count). The molecule has 17 heavy (non-hydrogen) atoms. The van der Waals surface area contributed by atoms with Crippen LogP contribution in [0.3, 0.4) is 0 Å². The number of amides is 1. The molecule has 1 heterocycles. The van der Waals surface area contributed by atoms with Crippen molar-refractivity contribution in [3.05, 3.63) is 29.8 Å². The number of hydrogen-bond acceptors (Lipinski definition) is 3. The van der Waals surface area contributed by atoms with Crippen molar-refractivity contribution in [2.45, 2.75) is 19.4 Å². The van der Waals surface area contributed by atoms with Crippen LogP contribution < -0.4 is 10.2 Å². The lowest BCUT2D eigenvalue weighted by Gasteiger charge is -2.43. The van der Waals surface area contributed by atoms with Gasteiger partial charge in [0.15, 0.2) is 0 Å². The summed E-state index contributed by atoms with van der Waals surface area (Å²) in [7, 11) is 0. The fourth-order valence-electron chi connectivity index (χ4n) is 2.01. The largest absolute Gasteiger partial charge is 0.355 e. The van der Waals surface area contributed by atoms with Crippen molar-refractivity contribution in [3.8, 4) is 6.07 Å². The van der Waals surface area contributed by atoms with E-state index >= 15 is 0 Å². The molecule has 1 aromatic rings. The molecule has 1 saturated heterocycles. The third kappa shape index (κ3) is 2.23. The van der Waals surface area contributed by atoms with E-state index in [4.69, 9.17) is 5.26 Å². The number of hydrogen-bond donors (Lipinski definition) is 1. The second-order valence-electron chi connectivity index (χ2n) is 4.84. The lowest BCUT2D eigenvalue weighted by Crippen LogP contribution is -2.60. The maximum absolute atomic E-state index is 11.5. The second kappa shape index (κ2) is 4.10. The molecular formula is C13H15N3O. The minimum absolute atomic E-state index is 0.0201. The number of carbonyl (C=O) groups is 1. The van der Waals surface area contributed by atoms with Crippen molar-refractivity contribution in [3.63, 3.8) is 0 Å². The maximum Gasteiger partial charge on any atom is 0.239 e. The molecule has 1 amide bonds. The summed E-state index contributed by atoms with van der Waals surface area (Å²) in [5.41, 5.74) is 1.40. The van der Waals surface area contributed by atoms with Gasteiger partial charge in [0.2, 0.25) is 5.91 Å². The van der Waals surface area contributed by atoms with E-state index in [0.29, 0.717) is 18.7 Å². The monoisotopic (exact) mass is 229 g/mol. The number of nitriles is 1. The first kappa shape index (κ1) is 11.5. The maximum atomic E-state index is 11.5. The Morgan fingerprint density at radius 3 is 2.94 bits per heavy atom. The first-order valence-corrected chi connectivity index (χ1v) is 5.57. The fraction of sp³-hybridized carbons (Fsp3) is 0.385. The van der Waals surface area contributed by atoms with Gasteiger partial charge in [0.05, 0.1) is 23.7 Å². The van der Waals surface area contributed by atoms with Crippen molar-refractivity contribution in [1.29, 1.82) is 5.26 Å².